The quantitative estimate of drug-likeness (QED) is 0.886. The monoisotopic (exact) mass is 283 g/mol. The molecule has 0 aromatic carbocycles. The van der Waals surface area contributed by atoms with Crippen molar-refractivity contribution in [3.63, 3.8) is 0 Å². The highest BCUT2D eigenvalue weighted by Gasteiger charge is 2.24. The second-order valence-corrected chi connectivity index (χ2v) is 5.04. The van der Waals surface area contributed by atoms with E-state index in [1.54, 1.807) is 13.1 Å². The molecule has 1 aliphatic rings. The Bertz CT molecular complexity index is 467. The molecule has 2 N–H and O–H groups in total. The number of amides is 1. The molecule has 1 amide bonds. The van der Waals surface area contributed by atoms with E-state index in [1.807, 2.05) is 6.92 Å². The van der Waals surface area contributed by atoms with E-state index in [2.05, 4.69) is 15.6 Å². The minimum absolute atomic E-state index is 0.178. The summed E-state index contributed by atoms with van der Waals surface area (Å²) in [5.74, 6) is 0.809. The minimum atomic E-state index is -0.178. The highest BCUT2D eigenvalue weighted by molar-refractivity contribution is 6.33. The van der Waals surface area contributed by atoms with Crippen molar-refractivity contribution in [2.24, 2.45) is 5.92 Å². The van der Waals surface area contributed by atoms with E-state index < -0.39 is 0 Å². The fraction of sp³-hybridized carbons (Fsp3) is 0.538. The number of hydrogen-bond acceptors (Lipinski definition) is 4. The Kier molecular flexibility index (Phi) is 4.61. The first-order valence-electron chi connectivity index (χ1n) is 6.35. The highest BCUT2D eigenvalue weighted by Crippen LogP contribution is 2.21. The van der Waals surface area contributed by atoms with Gasteiger partial charge in [0, 0.05) is 32.3 Å². The van der Waals surface area contributed by atoms with Crippen LogP contribution in [0.5, 0.6) is 0 Å². The normalized spacial score (nSPS) is 22.3. The van der Waals surface area contributed by atoms with Crippen molar-refractivity contribution in [2.75, 3.05) is 25.5 Å². The number of rotatable bonds is 4. The van der Waals surface area contributed by atoms with E-state index in [1.165, 1.54) is 6.20 Å². The van der Waals surface area contributed by atoms with Crippen LogP contribution < -0.4 is 10.6 Å². The van der Waals surface area contributed by atoms with Crippen molar-refractivity contribution in [1.82, 2.24) is 10.3 Å². The van der Waals surface area contributed by atoms with Crippen molar-refractivity contribution in [3.05, 3.63) is 22.8 Å². The molecule has 6 heteroatoms. The van der Waals surface area contributed by atoms with E-state index in [4.69, 9.17) is 16.3 Å². The summed E-state index contributed by atoms with van der Waals surface area (Å²) in [6.45, 7) is 3.40. The number of pyridine rings is 1. The number of aromatic nitrogens is 1. The molecule has 1 aliphatic heterocycles. The Hall–Kier alpha value is -1.33. The van der Waals surface area contributed by atoms with Crippen LogP contribution in [0.25, 0.3) is 0 Å². The van der Waals surface area contributed by atoms with Crippen LogP contribution >= 0.6 is 11.6 Å². The summed E-state index contributed by atoms with van der Waals surface area (Å²) < 4.78 is 5.47. The maximum Gasteiger partial charge on any atom is 0.253 e. The molecule has 0 aliphatic carbocycles. The molecule has 2 rings (SSSR count). The first-order valence-corrected chi connectivity index (χ1v) is 6.72. The number of carbonyl (C=O) groups excluding carboxylic acids is 1. The van der Waals surface area contributed by atoms with Crippen molar-refractivity contribution in [3.8, 4) is 0 Å². The van der Waals surface area contributed by atoms with Crippen LogP contribution in [0.4, 0.5) is 5.82 Å². The number of ether oxygens (including phenoxy) is 1. The van der Waals surface area contributed by atoms with E-state index in [0.29, 0.717) is 28.9 Å². The minimum Gasteiger partial charge on any atom is -0.378 e. The van der Waals surface area contributed by atoms with E-state index in [9.17, 15) is 4.79 Å². The van der Waals surface area contributed by atoms with Crippen molar-refractivity contribution >= 4 is 23.3 Å². The van der Waals surface area contributed by atoms with Crippen LogP contribution in [0.1, 0.15) is 23.7 Å². The lowest BCUT2D eigenvalue weighted by molar-refractivity contribution is 0.0907. The number of hydrogen-bond donors (Lipinski definition) is 2. The molecular formula is C13H18ClN3O2. The summed E-state index contributed by atoms with van der Waals surface area (Å²) in [5, 5.41) is 6.14. The zero-order chi connectivity index (χ0) is 13.8. The van der Waals surface area contributed by atoms with Crippen molar-refractivity contribution in [2.45, 2.75) is 19.4 Å². The number of nitrogens with zero attached hydrogens (tertiary/aromatic N) is 1. The summed E-state index contributed by atoms with van der Waals surface area (Å²) >= 11 is 6.00. The molecule has 1 aromatic heterocycles. The molecule has 104 valence electrons. The number of carbonyl (C=O) groups is 1. The molecule has 2 heterocycles. The lowest BCUT2D eigenvalue weighted by Gasteiger charge is -2.15. The van der Waals surface area contributed by atoms with Crippen molar-refractivity contribution in [1.29, 1.82) is 0 Å². The zero-order valence-corrected chi connectivity index (χ0v) is 11.8. The van der Waals surface area contributed by atoms with Gasteiger partial charge in [0.2, 0.25) is 0 Å². The van der Waals surface area contributed by atoms with Crippen molar-refractivity contribution < 1.29 is 9.53 Å². The molecule has 1 fully saturated rings. The third-order valence-corrected chi connectivity index (χ3v) is 3.72. The van der Waals surface area contributed by atoms with Gasteiger partial charge in [0.1, 0.15) is 5.82 Å². The SMILES string of the molecule is CNc1cc(C(=O)NCC2CCOC2C)c(Cl)cn1. The Balaban J connectivity index is 1.99. The van der Waals surface area contributed by atoms with Gasteiger partial charge >= 0.3 is 0 Å². The lowest BCUT2D eigenvalue weighted by Crippen LogP contribution is -2.32. The highest BCUT2D eigenvalue weighted by atomic mass is 35.5. The number of nitrogens with one attached hydrogen (secondary N) is 2. The molecule has 2 atom stereocenters. The molecule has 0 spiro atoms. The predicted molar refractivity (Wildman–Crippen MR) is 74.6 cm³/mol. The zero-order valence-electron chi connectivity index (χ0n) is 11.1. The second-order valence-electron chi connectivity index (χ2n) is 4.63. The van der Waals surface area contributed by atoms with Gasteiger partial charge in [-0.2, -0.15) is 0 Å². The smallest absolute Gasteiger partial charge is 0.253 e. The van der Waals surface area contributed by atoms with Crippen LogP contribution in [-0.4, -0.2) is 37.2 Å². The maximum absolute atomic E-state index is 12.1. The lowest BCUT2D eigenvalue weighted by atomic mass is 10.0. The fourth-order valence-electron chi connectivity index (χ4n) is 2.11. The first-order chi connectivity index (χ1) is 9.11. The summed E-state index contributed by atoms with van der Waals surface area (Å²) in [4.78, 5) is 16.2. The number of anilines is 1. The summed E-state index contributed by atoms with van der Waals surface area (Å²) in [6.07, 6.45) is 2.65. The average Bonchev–Trinajstić information content (AvgIpc) is 2.82. The third kappa shape index (κ3) is 3.36. The molecule has 0 radical (unpaired) electrons. The molecule has 5 nitrogen and oxygen atoms in total. The van der Waals surface area contributed by atoms with Gasteiger partial charge in [0.25, 0.3) is 5.91 Å². The fourth-order valence-corrected chi connectivity index (χ4v) is 2.30. The largest absolute Gasteiger partial charge is 0.378 e. The molecule has 0 saturated carbocycles. The maximum atomic E-state index is 12.1. The van der Waals surface area contributed by atoms with E-state index >= 15 is 0 Å². The molecule has 2 unspecified atom stereocenters. The first kappa shape index (κ1) is 14.1. The molecule has 19 heavy (non-hydrogen) atoms. The Morgan fingerprint density at radius 1 is 1.63 bits per heavy atom. The molecule has 1 aromatic rings. The van der Waals surface area contributed by atoms with Crippen LogP contribution in [0.3, 0.4) is 0 Å². The summed E-state index contributed by atoms with van der Waals surface area (Å²) in [5.41, 5.74) is 0.438. The van der Waals surface area contributed by atoms with Gasteiger partial charge in [0.05, 0.1) is 16.7 Å². The van der Waals surface area contributed by atoms with E-state index in [0.717, 1.165) is 13.0 Å². The molecular weight excluding hydrogens is 266 g/mol. The Labute approximate surface area is 117 Å². The van der Waals surface area contributed by atoms with Gasteiger partial charge in [-0.1, -0.05) is 11.6 Å². The average molecular weight is 284 g/mol. The van der Waals surface area contributed by atoms with Crippen LogP contribution in [0.15, 0.2) is 12.3 Å². The van der Waals surface area contributed by atoms with Crippen LogP contribution in [0, 0.1) is 5.92 Å². The van der Waals surface area contributed by atoms with Gasteiger partial charge in [0.15, 0.2) is 0 Å². The topological polar surface area (TPSA) is 63.2 Å². The summed E-state index contributed by atoms with van der Waals surface area (Å²) in [7, 11) is 1.75. The summed E-state index contributed by atoms with van der Waals surface area (Å²) in [6, 6.07) is 1.65. The van der Waals surface area contributed by atoms with Gasteiger partial charge in [-0.05, 0) is 19.4 Å². The van der Waals surface area contributed by atoms with Crippen LogP contribution in [-0.2, 0) is 4.74 Å². The molecule has 1 saturated heterocycles. The van der Waals surface area contributed by atoms with Gasteiger partial charge in [-0.3, -0.25) is 4.79 Å². The van der Waals surface area contributed by atoms with Gasteiger partial charge < -0.3 is 15.4 Å². The third-order valence-electron chi connectivity index (χ3n) is 3.41. The Morgan fingerprint density at radius 2 is 2.42 bits per heavy atom. The number of halogens is 1. The van der Waals surface area contributed by atoms with Crippen LogP contribution in [0.2, 0.25) is 5.02 Å². The van der Waals surface area contributed by atoms with Gasteiger partial charge in [-0.15, -0.1) is 0 Å². The van der Waals surface area contributed by atoms with E-state index in [-0.39, 0.29) is 12.0 Å². The van der Waals surface area contributed by atoms with Gasteiger partial charge in [-0.25, -0.2) is 4.98 Å². The Morgan fingerprint density at radius 3 is 3.05 bits per heavy atom. The predicted octanol–water partition coefficient (Wildman–Crippen LogP) is 1.93. The standard InChI is InChI=1S/C13H18ClN3O2/c1-8-9(3-4-19-8)6-17-13(18)10-5-12(15-2)16-7-11(10)14/h5,7-9H,3-4,6H2,1-2H3,(H,15,16)(H,17,18). The second kappa shape index (κ2) is 6.21. The molecule has 0 bridgehead atoms.